The third-order valence-electron chi connectivity index (χ3n) is 5.43. The fraction of sp³-hybridized carbons (Fsp3) is 0.304. The van der Waals surface area contributed by atoms with Crippen LogP contribution in [0.1, 0.15) is 48.4 Å². The Morgan fingerprint density at radius 1 is 1.10 bits per heavy atom. The molecule has 162 valence electrons. The molecule has 31 heavy (non-hydrogen) atoms. The summed E-state index contributed by atoms with van der Waals surface area (Å²) >= 11 is 6.06. The predicted molar refractivity (Wildman–Crippen MR) is 118 cm³/mol. The summed E-state index contributed by atoms with van der Waals surface area (Å²) < 4.78 is 10.7. The molecule has 1 aliphatic rings. The van der Waals surface area contributed by atoms with Gasteiger partial charge in [-0.2, -0.15) is 5.10 Å². The molecular formula is C23H24ClN3O4. The third-order valence-corrected chi connectivity index (χ3v) is 5.68. The molecule has 1 amide bonds. The van der Waals surface area contributed by atoms with Gasteiger partial charge in [0.1, 0.15) is 5.69 Å². The van der Waals surface area contributed by atoms with Gasteiger partial charge in [0.15, 0.2) is 11.5 Å². The number of methoxy groups -OCH3 is 2. The average molecular weight is 442 g/mol. The van der Waals surface area contributed by atoms with E-state index in [2.05, 4.69) is 10.2 Å². The standard InChI is InChI=1S/C23H24ClN3O4/c1-23(2,3)27-20(13-10-15(30-4)21(28)16(11-13)31-5)17-18(25-26-19(17)22(27)29)12-6-8-14(24)9-7-12/h6-11,20,28H,1-5H3,(H,25,26). The maximum Gasteiger partial charge on any atom is 0.273 e. The first kappa shape index (κ1) is 21.1. The van der Waals surface area contributed by atoms with Crippen LogP contribution in [0.2, 0.25) is 5.02 Å². The quantitative estimate of drug-likeness (QED) is 0.607. The van der Waals surface area contributed by atoms with Crippen LogP contribution in [0.25, 0.3) is 11.3 Å². The van der Waals surface area contributed by atoms with Gasteiger partial charge in [-0.1, -0.05) is 23.7 Å². The van der Waals surface area contributed by atoms with Crippen molar-refractivity contribution in [2.24, 2.45) is 0 Å². The number of benzene rings is 2. The van der Waals surface area contributed by atoms with Gasteiger partial charge in [-0.15, -0.1) is 0 Å². The number of carbonyl (C=O) groups excluding carboxylic acids is 1. The molecule has 1 atom stereocenters. The van der Waals surface area contributed by atoms with Gasteiger partial charge in [-0.3, -0.25) is 9.89 Å². The second kappa shape index (κ2) is 7.50. The summed E-state index contributed by atoms with van der Waals surface area (Å²) in [6, 6.07) is 10.3. The summed E-state index contributed by atoms with van der Waals surface area (Å²) in [5.74, 6) is 0.290. The lowest BCUT2D eigenvalue weighted by molar-refractivity contribution is 0.0545. The van der Waals surface area contributed by atoms with E-state index in [0.29, 0.717) is 16.4 Å². The van der Waals surface area contributed by atoms with Crippen molar-refractivity contribution in [2.45, 2.75) is 32.4 Å². The van der Waals surface area contributed by atoms with Crippen LogP contribution in [0.15, 0.2) is 36.4 Å². The SMILES string of the molecule is COc1cc(C2c3c(-c4ccc(Cl)cc4)n[nH]c3C(=O)N2C(C)(C)C)cc(OC)c1O. The Morgan fingerprint density at radius 2 is 1.68 bits per heavy atom. The zero-order valence-electron chi connectivity index (χ0n) is 18.0. The van der Waals surface area contributed by atoms with Gasteiger partial charge < -0.3 is 19.5 Å². The minimum absolute atomic E-state index is 0.0919. The number of ether oxygens (including phenoxy) is 2. The number of aromatic hydroxyl groups is 1. The van der Waals surface area contributed by atoms with Crippen LogP contribution in [0.5, 0.6) is 17.2 Å². The number of amides is 1. The summed E-state index contributed by atoms with van der Waals surface area (Å²) in [5, 5.41) is 18.4. The Kier molecular flexibility index (Phi) is 5.09. The first-order valence-corrected chi connectivity index (χ1v) is 10.2. The lowest BCUT2D eigenvalue weighted by Crippen LogP contribution is -2.44. The summed E-state index contributed by atoms with van der Waals surface area (Å²) in [6.07, 6.45) is 0. The first-order valence-electron chi connectivity index (χ1n) is 9.80. The molecule has 0 fully saturated rings. The highest BCUT2D eigenvalue weighted by Gasteiger charge is 2.47. The zero-order chi connectivity index (χ0) is 22.5. The van der Waals surface area contributed by atoms with Crippen molar-refractivity contribution in [2.75, 3.05) is 14.2 Å². The number of phenolic OH excluding ortho intramolecular Hbond substituents is 1. The molecule has 4 rings (SSSR count). The fourth-order valence-corrected chi connectivity index (χ4v) is 4.18. The van der Waals surface area contributed by atoms with Crippen molar-refractivity contribution < 1.29 is 19.4 Å². The smallest absolute Gasteiger partial charge is 0.273 e. The van der Waals surface area contributed by atoms with Gasteiger partial charge in [0.2, 0.25) is 5.75 Å². The average Bonchev–Trinajstić information content (AvgIpc) is 3.28. The lowest BCUT2D eigenvalue weighted by atomic mass is 9.93. The number of halogens is 1. The minimum Gasteiger partial charge on any atom is -0.502 e. The molecule has 1 aromatic heterocycles. The monoisotopic (exact) mass is 441 g/mol. The number of nitrogens with one attached hydrogen (secondary N) is 1. The fourth-order valence-electron chi connectivity index (χ4n) is 4.05. The number of aromatic amines is 1. The third kappa shape index (κ3) is 3.39. The molecule has 3 aromatic rings. The number of carbonyl (C=O) groups is 1. The van der Waals surface area contributed by atoms with Crippen molar-refractivity contribution in [3.05, 3.63) is 58.2 Å². The van der Waals surface area contributed by atoms with E-state index in [1.54, 1.807) is 29.2 Å². The second-order valence-corrected chi connectivity index (χ2v) is 8.83. The zero-order valence-corrected chi connectivity index (χ0v) is 18.7. The molecule has 1 aliphatic heterocycles. The van der Waals surface area contributed by atoms with Gasteiger partial charge in [-0.25, -0.2) is 0 Å². The van der Waals surface area contributed by atoms with E-state index in [4.69, 9.17) is 21.1 Å². The molecule has 1 unspecified atom stereocenters. The Bertz CT molecular complexity index is 1120. The van der Waals surface area contributed by atoms with Crippen LogP contribution in [0.3, 0.4) is 0 Å². The topological polar surface area (TPSA) is 87.7 Å². The Morgan fingerprint density at radius 3 is 2.19 bits per heavy atom. The lowest BCUT2D eigenvalue weighted by Gasteiger charge is -2.38. The van der Waals surface area contributed by atoms with Crippen LogP contribution in [-0.2, 0) is 0 Å². The largest absolute Gasteiger partial charge is 0.502 e. The Balaban J connectivity index is 1.98. The molecule has 0 spiro atoms. The highest BCUT2D eigenvalue weighted by Crippen LogP contribution is 2.49. The molecule has 7 nitrogen and oxygen atoms in total. The summed E-state index contributed by atoms with van der Waals surface area (Å²) in [5.41, 5.74) is 2.96. The number of fused-ring (bicyclic) bond motifs is 1. The molecule has 0 aliphatic carbocycles. The van der Waals surface area contributed by atoms with E-state index in [-0.39, 0.29) is 23.2 Å². The number of rotatable bonds is 4. The summed E-state index contributed by atoms with van der Waals surface area (Å²) in [4.78, 5) is 15.2. The van der Waals surface area contributed by atoms with Crippen molar-refractivity contribution in [3.8, 4) is 28.5 Å². The molecule has 0 saturated carbocycles. The van der Waals surface area contributed by atoms with Crippen LogP contribution in [0, 0.1) is 0 Å². The number of hydrogen-bond donors (Lipinski definition) is 2. The second-order valence-electron chi connectivity index (χ2n) is 8.39. The predicted octanol–water partition coefficient (Wildman–Crippen LogP) is 4.80. The number of nitrogens with zero attached hydrogens (tertiary/aromatic N) is 2. The van der Waals surface area contributed by atoms with Gasteiger partial charge in [0.25, 0.3) is 5.91 Å². The maximum atomic E-state index is 13.4. The van der Waals surface area contributed by atoms with Gasteiger partial charge in [0.05, 0.1) is 26.0 Å². The van der Waals surface area contributed by atoms with Gasteiger partial charge >= 0.3 is 0 Å². The highest BCUT2D eigenvalue weighted by molar-refractivity contribution is 6.30. The Labute approximate surface area is 185 Å². The van der Waals surface area contributed by atoms with Crippen LogP contribution < -0.4 is 9.47 Å². The number of aromatic nitrogens is 2. The molecular weight excluding hydrogens is 418 g/mol. The van der Waals surface area contributed by atoms with E-state index in [1.807, 2.05) is 32.9 Å². The van der Waals surface area contributed by atoms with E-state index in [9.17, 15) is 9.90 Å². The van der Waals surface area contributed by atoms with Crippen molar-refractivity contribution in [1.29, 1.82) is 0 Å². The van der Waals surface area contributed by atoms with Crippen molar-refractivity contribution >= 4 is 17.5 Å². The number of phenols is 1. The van der Waals surface area contributed by atoms with Crippen LogP contribution in [-0.4, -0.2) is 45.9 Å². The van der Waals surface area contributed by atoms with E-state index < -0.39 is 11.6 Å². The first-order chi connectivity index (χ1) is 14.7. The van der Waals surface area contributed by atoms with Crippen LogP contribution in [0.4, 0.5) is 0 Å². The van der Waals surface area contributed by atoms with Crippen molar-refractivity contribution in [1.82, 2.24) is 15.1 Å². The molecule has 0 radical (unpaired) electrons. The molecule has 0 saturated heterocycles. The molecule has 2 heterocycles. The van der Waals surface area contributed by atoms with E-state index in [0.717, 1.165) is 16.7 Å². The van der Waals surface area contributed by atoms with Gasteiger partial charge in [-0.05, 0) is 50.6 Å². The number of H-pyrrole nitrogens is 1. The summed E-state index contributed by atoms with van der Waals surface area (Å²) in [7, 11) is 2.95. The highest BCUT2D eigenvalue weighted by atomic mass is 35.5. The maximum absolute atomic E-state index is 13.4. The Hall–Kier alpha value is -3.19. The van der Waals surface area contributed by atoms with Gasteiger partial charge in [0, 0.05) is 21.7 Å². The summed E-state index contributed by atoms with van der Waals surface area (Å²) in [6.45, 7) is 5.94. The molecule has 8 heteroatoms. The van der Waals surface area contributed by atoms with Crippen LogP contribution >= 0.6 is 11.6 Å². The molecule has 0 bridgehead atoms. The molecule has 2 N–H and O–H groups in total. The molecule has 2 aromatic carbocycles. The van der Waals surface area contributed by atoms with Crippen molar-refractivity contribution in [3.63, 3.8) is 0 Å². The van der Waals surface area contributed by atoms with E-state index >= 15 is 0 Å². The van der Waals surface area contributed by atoms with E-state index in [1.165, 1.54) is 14.2 Å². The minimum atomic E-state index is -0.489. The normalized spacial score (nSPS) is 15.9. The number of hydrogen-bond acceptors (Lipinski definition) is 5.